The predicted octanol–water partition coefficient (Wildman–Crippen LogP) is 2.09. The van der Waals surface area contributed by atoms with Crippen LogP contribution in [0.2, 0.25) is 0 Å². The Morgan fingerprint density at radius 3 is 3.05 bits per heavy atom. The van der Waals surface area contributed by atoms with Gasteiger partial charge in [0, 0.05) is 6.42 Å². The number of esters is 1. The Bertz CT molecular complexity index is 491. The van der Waals surface area contributed by atoms with Gasteiger partial charge < -0.3 is 15.4 Å². The van der Waals surface area contributed by atoms with Crippen LogP contribution in [-0.4, -0.2) is 24.2 Å². The number of rotatable bonds is 5. The number of thiocarbonyl (C=S) groups is 1. The van der Waals surface area contributed by atoms with E-state index in [2.05, 4.69) is 34.9 Å². The van der Waals surface area contributed by atoms with Crippen molar-refractivity contribution >= 4 is 23.3 Å². The molecule has 0 unspecified atom stereocenters. The summed E-state index contributed by atoms with van der Waals surface area (Å²) in [7, 11) is 0. The van der Waals surface area contributed by atoms with Gasteiger partial charge in [-0.25, -0.2) is 0 Å². The Morgan fingerprint density at radius 2 is 2.25 bits per heavy atom. The molecule has 0 aromatic heterocycles. The van der Waals surface area contributed by atoms with Crippen LogP contribution in [0.5, 0.6) is 0 Å². The first-order valence-corrected chi connectivity index (χ1v) is 7.39. The van der Waals surface area contributed by atoms with E-state index in [1.165, 1.54) is 11.1 Å². The van der Waals surface area contributed by atoms with Crippen LogP contribution in [0.3, 0.4) is 0 Å². The molecule has 1 aliphatic rings. The lowest BCUT2D eigenvalue weighted by Gasteiger charge is -2.17. The first kappa shape index (κ1) is 14.8. The van der Waals surface area contributed by atoms with Crippen LogP contribution in [0.15, 0.2) is 24.3 Å². The quantitative estimate of drug-likeness (QED) is 0.494. The van der Waals surface area contributed by atoms with E-state index in [4.69, 9.17) is 17.0 Å². The van der Waals surface area contributed by atoms with Gasteiger partial charge in [0.2, 0.25) is 0 Å². The maximum Gasteiger partial charge on any atom is 0.305 e. The monoisotopic (exact) mass is 292 g/mol. The fourth-order valence-electron chi connectivity index (χ4n) is 2.35. The number of carbonyl (C=O) groups is 1. The van der Waals surface area contributed by atoms with Crippen LogP contribution in [-0.2, 0) is 16.0 Å². The van der Waals surface area contributed by atoms with Crippen molar-refractivity contribution in [1.29, 1.82) is 0 Å². The summed E-state index contributed by atoms with van der Waals surface area (Å²) in [6.07, 6.45) is 2.55. The number of fused-ring (bicyclic) bond motifs is 1. The van der Waals surface area contributed by atoms with Gasteiger partial charge in [0.25, 0.3) is 0 Å². The number of aryl methyl sites for hydroxylation is 1. The third-order valence-corrected chi connectivity index (χ3v) is 3.64. The highest BCUT2D eigenvalue weighted by molar-refractivity contribution is 7.80. The number of hydrogen-bond acceptors (Lipinski definition) is 3. The highest BCUT2D eigenvalue weighted by atomic mass is 32.1. The molecule has 4 nitrogen and oxygen atoms in total. The summed E-state index contributed by atoms with van der Waals surface area (Å²) in [4.78, 5) is 11.0. The highest BCUT2D eigenvalue weighted by Gasteiger charge is 2.21. The molecular weight excluding hydrogens is 272 g/mol. The summed E-state index contributed by atoms with van der Waals surface area (Å²) >= 11 is 5.26. The van der Waals surface area contributed by atoms with Gasteiger partial charge in [0.15, 0.2) is 5.11 Å². The molecule has 1 aromatic rings. The van der Waals surface area contributed by atoms with Gasteiger partial charge in [0.1, 0.15) is 6.61 Å². The van der Waals surface area contributed by atoms with E-state index >= 15 is 0 Å². The molecule has 0 spiro atoms. The zero-order chi connectivity index (χ0) is 14.4. The molecular formula is C15H20N2O2S. The highest BCUT2D eigenvalue weighted by Crippen LogP contribution is 2.30. The van der Waals surface area contributed by atoms with E-state index in [1.807, 2.05) is 0 Å². The second kappa shape index (κ2) is 7.24. The molecule has 0 aliphatic heterocycles. The topological polar surface area (TPSA) is 50.4 Å². The Balaban J connectivity index is 1.72. The van der Waals surface area contributed by atoms with E-state index in [1.54, 1.807) is 6.92 Å². The van der Waals surface area contributed by atoms with Crippen molar-refractivity contribution in [2.24, 2.45) is 0 Å². The van der Waals surface area contributed by atoms with E-state index in [-0.39, 0.29) is 12.0 Å². The molecule has 108 valence electrons. The minimum absolute atomic E-state index is 0.185. The first-order chi connectivity index (χ1) is 9.70. The zero-order valence-corrected chi connectivity index (χ0v) is 12.5. The second-order valence-corrected chi connectivity index (χ2v) is 5.17. The lowest BCUT2D eigenvalue weighted by molar-refractivity contribution is -0.143. The fourth-order valence-corrected chi connectivity index (χ4v) is 2.59. The standard InChI is InChI=1S/C15H20N2O2S/c1-2-14(18)19-10-9-16-15(20)17-13-8-7-11-5-3-4-6-12(11)13/h3-6,13H,2,7-10H2,1H3,(H2,16,17,20)/t13-/m0/s1. The first-order valence-electron chi connectivity index (χ1n) is 6.98. The third-order valence-electron chi connectivity index (χ3n) is 3.38. The third kappa shape index (κ3) is 3.93. The summed E-state index contributed by atoms with van der Waals surface area (Å²) in [5.74, 6) is -0.185. The molecule has 0 amide bonds. The molecule has 0 saturated heterocycles. The minimum atomic E-state index is -0.185. The molecule has 5 heteroatoms. The van der Waals surface area contributed by atoms with E-state index in [0.29, 0.717) is 24.7 Å². The van der Waals surface area contributed by atoms with Crippen LogP contribution < -0.4 is 10.6 Å². The molecule has 0 heterocycles. The van der Waals surface area contributed by atoms with Crippen LogP contribution in [0.25, 0.3) is 0 Å². The van der Waals surface area contributed by atoms with Crippen LogP contribution in [0, 0.1) is 0 Å². The fraction of sp³-hybridized carbons (Fsp3) is 0.467. The normalized spacial score (nSPS) is 16.4. The molecule has 0 radical (unpaired) electrons. The van der Waals surface area contributed by atoms with Crippen molar-refractivity contribution in [3.05, 3.63) is 35.4 Å². The molecule has 2 rings (SSSR count). The van der Waals surface area contributed by atoms with Crippen molar-refractivity contribution in [1.82, 2.24) is 10.6 Å². The largest absolute Gasteiger partial charge is 0.464 e. The van der Waals surface area contributed by atoms with Crippen molar-refractivity contribution in [2.75, 3.05) is 13.2 Å². The number of carbonyl (C=O) groups excluding carboxylic acids is 1. The van der Waals surface area contributed by atoms with Crippen molar-refractivity contribution in [3.63, 3.8) is 0 Å². The Hall–Kier alpha value is -1.62. The summed E-state index contributed by atoms with van der Waals surface area (Å²) in [5.41, 5.74) is 2.72. The van der Waals surface area contributed by atoms with Gasteiger partial charge >= 0.3 is 5.97 Å². The summed E-state index contributed by atoms with van der Waals surface area (Å²) in [5, 5.41) is 6.99. The predicted molar refractivity (Wildman–Crippen MR) is 82.5 cm³/mol. The summed E-state index contributed by atoms with van der Waals surface area (Å²) in [6.45, 7) is 2.65. The number of nitrogens with one attached hydrogen (secondary N) is 2. The Morgan fingerprint density at radius 1 is 1.45 bits per heavy atom. The molecule has 1 atom stereocenters. The van der Waals surface area contributed by atoms with E-state index in [0.717, 1.165) is 12.8 Å². The maximum absolute atomic E-state index is 11.0. The molecule has 1 aliphatic carbocycles. The van der Waals surface area contributed by atoms with Crippen LogP contribution in [0.4, 0.5) is 0 Å². The van der Waals surface area contributed by atoms with Crippen LogP contribution >= 0.6 is 12.2 Å². The number of hydrogen-bond donors (Lipinski definition) is 2. The molecule has 0 saturated carbocycles. The molecule has 0 fully saturated rings. The molecule has 20 heavy (non-hydrogen) atoms. The SMILES string of the molecule is CCC(=O)OCCNC(=S)N[C@H]1CCc2ccccc21. The number of benzene rings is 1. The minimum Gasteiger partial charge on any atom is -0.464 e. The van der Waals surface area contributed by atoms with Crippen molar-refractivity contribution < 1.29 is 9.53 Å². The summed E-state index contributed by atoms with van der Waals surface area (Å²) in [6, 6.07) is 8.72. The molecule has 1 aromatic carbocycles. The van der Waals surface area contributed by atoms with Gasteiger partial charge in [-0.2, -0.15) is 0 Å². The average molecular weight is 292 g/mol. The van der Waals surface area contributed by atoms with Gasteiger partial charge in [-0.15, -0.1) is 0 Å². The summed E-state index contributed by atoms with van der Waals surface area (Å²) < 4.78 is 4.98. The van der Waals surface area contributed by atoms with Gasteiger partial charge in [0.05, 0.1) is 12.6 Å². The van der Waals surface area contributed by atoms with E-state index in [9.17, 15) is 4.79 Å². The average Bonchev–Trinajstić information content (AvgIpc) is 2.86. The Kier molecular flexibility index (Phi) is 5.35. The second-order valence-electron chi connectivity index (χ2n) is 4.76. The Labute approximate surface area is 124 Å². The van der Waals surface area contributed by atoms with Crippen LogP contribution in [0.1, 0.15) is 36.9 Å². The van der Waals surface area contributed by atoms with Crippen molar-refractivity contribution in [3.8, 4) is 0 Å². The van der Waals surface area contributed by atoms with Gasteiger partial charge in [-0.1, -0.05) is 31.2 Å². The smallest absolute Gasteiger partial charge is 0.305 e. The lowest BCUT2D eigenvalue weighted by atomic mass is 10.1. The zero-order valence-electron chi connectivity index (χ0n) is 11.6. The van der Waals surface area contributed by atoms with Gasteiger partial charge in [-0.3, -0.25) is 4.79 Å². The van der Waals surface area contributed by atoms with Crippen molar-refractivity contribution in [2.45, 2.75) is 32.2 Å². The molecule has 0 bridgehead atoms. The number of ether oxygens (including phenoxy) is 1. The lowest BCUT2D eigenvalue weighted by Crippen LogP contribution is -2.38. The maximum atomic E-state index is 11.0. The molecule has 2 N–H and O–H groups in total. The van der Waals surface area contributed by atoms with Gasteiger partial charge in [-0.05, 0) is 36.2 Å². The van der Waals surface area contributed by atoms with E-state index < -0.39 is 0 Å².